The van der Waals surface area contributed by atoms with Crippen molar-refractivity contribution in [1.29, 1.82) is 0 Å². The van der Waals surface area contributed by atoms with Gasteiger partial charge >= 0.3 is 10.1 Å². The molecule has 0 saturated heterocycles. The molecule has 0 heterocycles. The van der Waals surface area contributed by atoms with Gasteiger partial charge in [-0.2, -0.15) is 8.42 Å². The minimum Gasteiger partial charge on any atom is -0.383 e. The highest BCUT2D eigenvalue weighted by atomic mass is 35.5. The molecule has 0 unspecified atom stereocenters. The number of rotatable bonds is 4. The second-order valence-corrected chi connectivity index (χ2v) is 6.10. The maximum absolute atomic E-state index is 11.0. The number of benzene rings is 2. The molecule has 0 radical (unpaired) electrons. The van der Waals surface area contributed by atoms with Crippen LogP contribution < -0.4 is 4.18 Å². The van der Waals surface area contributed by atoms with Crippen LogP contribution in [0.4, 0.5) is 5.69 Å². The lowest BCUT2D eigenvalue weighted by Gasteiger charge is -2.02. The van der Waals surface area contributed by atoms with Gasteiger partial charge in [0.1, 0.15) is 5.75 Å². The summed E-state index contributed by atoms with van der Waals surface area (Å²) < 4.78 is 26.7. The Morgan fingerprint density at radius 3 is 2.20 bits per heavy atom. The molecule has 0 saturated carbocycles. The van der Waals surface area contributed by atoms with E-state index in [1.807, 2.05) is 0 Å². The van der Waals surface area contributed by atoms with Crippen molar-refractivity contribution in [2.45, 2.75) is 0 Å². The van der Waals surface area contributed by atoms with Crippen molar-refractivity contribution in [2.24, 2.45) is 4.99 Å². The molecule has 20 heavy (non-hydrogen) atoms. The van der Waals surface area contributed by atoms with E-state index < -0.39 is 10.1 Å². The SMILES string of the molecule is CS(=O)(=O)Oc1ccc(C=Nc2ccc(Cl)cc2)cc1. The van der Waals surface area contributed by atoms with E-state index in [1.165, 1.54) is 0 Å². The van der Waals surface area contributed by atoms with E-state index in [0.717, 1.165) is 17.5 Å². The smallest absolute Gasteiger partial charge is 0.306 e. The summed E-state index contributed by atoms with van der Waals surface area (Å²) in [6.45, 7) is 0. The van der Waals surface area contributed by atoms with E-state index in [0.29, 0.717) is 5.02 Å². The second-order valence-electron chi connectivity index (χ2n) is 4.09. The van der Waals surface area contributed by atoms with Crippen molar-refractivity contribution in [3.63, 3.8) is 0 Å². The summed E-state index contributed by atoms with van der Waals surface area (Å²) in [7, 11) is -3.50. The highest BCUT2D eigenvalue weighted by molar-refractivity contribution is 7.86. The van der Waals surface area contributed by atoms with Crippen LogP contribution in [0.5, 0.6) is 5.75 Å². The van der Waals surface area contributed by atoms with Gasteiger partial charge in [0.05, 0.1) is 11.9 Å². The molecular formula is C14H12ClNO3S. The highest BCUT2D eigenvalue weighted by Gasteiger charge is 2.03. The average molecular weight is 310 g/mol. The quantitative estimate of drug-likeness (QED) is 0.642. The molecule has 0 N–H and O–H groups in total. The first-order chi connectivity index (χ1) is 9.42. The van der Waals surface area contributed by atoms with Crippen molar-refractivity contribution in [3.05, 3.63) is 59.1 Å². The van der Waals surface area contributed by atoms with Gasteiger partial charge in [-0.15, -0.1) is 0 Å². The maximum atomic E-state index is 11.0. The molecular weight excluding hydrogens is 298 g/mol. The van der Waals surface area contributed by atoms with Gasteiger partial charge in [-0.05, 0) is 54.1 Å². The van der Waals surface area contributed by atoms with Crippen LogP contribution in [0, 0.1) is 0 Å². The van der Waals surface area contributed by atoms with Crippen molar-refractivity contribution in [3.8, 4) is 5.75 Å². The first-order valence-electron chi connectivity index (χ1n) is 5.71. The number of nitrogens with zero attached hydrogens (tertiary/aromatic N) is 1. The molecule has 4 nitrogen and oxygen atoms in total. The van der Waals surface area contributed by atoms with Crippen molar-refractivity contribution in [1.82, 2.24) is 0 Å². The van der Waals surface area contributed by atoms with Gasteiger partial charge in [-0.1, -0.05) is 11.6 Å². The van der Waals surface area contributed by atoms with Gasteiger partial charge in [0, 0.05) is 11.2 Å². The first kappa shape index (κ1) is 14.6. The Hall–Kier alpha value is -1.85. The minimum absolute atomic E-state index is 0.274. The van der Waals surface area contributed by atoms with Crippen LogP contribution in [0.3, 0.4) is 0 Å². The van der Waals surface area contributed by atoms with Crippen molar-refractivity contribution >= 4 is 33.6 Å². The largest absolute Gasteiger partial charge is 0.383 e. The fraction of sp³-hybridized carbons (Fsp3) is 0.0714. The third-order valence-corrected chi connectivity index (χ3v) is 3.06. The summed E-state index contributed by atoms with van der Waals surface area (Å²) >= 11 is 5.78. The van der Waals surface area contributed by atoms with Crippen LogP contribution in [0.25, 0.3) is 0 Å². The minimum atomic E-state index is -3.50. The molecule has 0 atom stereocenters. The first-order valence-corrected chi connectivity index (χ1v) is 7.91. The van der Waals surface area contributed by atoms with Crippen LogP contribution in [0.1, 0.15) is 5.56 Å². The van der Waals surface area contributed by atoms with Gasteiger partial charge in [0.2, 0.25) is 0 Å². The number of halogens is 1. The molecule has 0 amide bonds. The fourth-order valence-electron chi connectivity index (χ4n) is 1.46. The summed E-state index contributed by atoms with van der Waals surface area (Å²) in [5.74, 6) is 0.274. The van der Waals surface area contributed by atoms with Crippen LogP contribution in [0.15, 0.2) is 53.5 Å². The Kier molecular flexibility index (Phi) is 4.42. The van der Waals surface area contributed by atoms with Gasteiger partial charge in [-0.25, -0.2) is 0 Å². The molecule has 2 rings (SSSR count). The molecule has 2 aromatic carbocycles. The molecule has 0 spiro atoms. The van der Waals surface area contributed by atoms with Crippen molar-refractivity contribution < 1.29 is 12.6 Å². The van der Waals surface area contributed by atoms with Crippen LogP contribution in [0.2, 0.25) is 5.02 Å². The molecule has 104 valence electrons. The summed E-state index contributed by atoms with van der Waals surface area (Å²) in [6, 6.07) is 13.7. The lowest BCUT2D eigenvalue weighted by molar-refractivity contribution is 0.493. The third kappa shape index (κ3) is 4.68. The lowest BCUT2D eigenvalue weighted by atomic mass is 10.2. The Bertz CT molecular complexity index is 707. The Morgan fingerprint density at radius 2 is 1.65 bits per heavy atom. The van der Waals surface area contributed by atoms with E-state index in [-0.39, 0.29) is 5.75 Å². The van der Waals surface area contributed by atoms with Crippen LogP contribution in [-0.2, 0) is 10.1 Å². The zero-order valence-electron chi connectivity index (χ0n) is 10.7. The van der Waals surface area contributed by atoms with E-state index in [2.05, 4.69) is 4.99 Å². The standard InChI is InChI=1S/C14H12ClNO3S/c1-20(17,18)19-14-8-2-11(3-9-14)10-16-13-6-4-12(15)5-7-13/h2-10H,1H3. The summed E-state index contributed by atoms with van der Waals surface area (Å²) in [6.07, 6.45) is 2.68. The number of aliphatic imine (C=N–C) groups is 1. The third-order valence-electron chi connectivity index (χ3n) is 2.32. The predicted molar refractivity (Wildman–Crippen MR) is 80.6 cm³/mol. The van der Waals surface area contributed by atoms with Crippen molar-refractivity contribution in [2.75, 3.05) is 6.26 Å². The summed E-state index contributed by atoms with van der Waals surface area (Å²) in [5, 5.41) is 0.659. The molecule has 0 aliphatic rings. The van der Waals surface area contributed by atoms with Gasteiger partial charge in [-0.3, -0.25) is 4.99 Å². The summed E-state index contributed by atoms with van der Waals surface area (Å²) in [5.41, 5.74) is 1.62. The molecule has 0 aromatic heterocycles. The van der Waals surface area contributed by atoms with E-state index >= 15 is 0 Å². The predicted octanol–water partition coefficient (Wildman–Crippen LogP) is 3.43. The normalized spacial score (nSPS) is 11.7. The zero-order chi connectivity index (χ0) is 14.6. The summed E-state index contributed by atoms with van der Waals surface area (Å²) in [4.78, 5) is 4.28. The zero-order valence-corrected chi connectivity index (χ0v) is 12.2. The molecule has 6 heteroatoms. The van der Waals surface area contributed by atoms with Gasteiger partial charge in [0.15, 0.2) is 0 Å². The van der Waals surface area contributed by atoms with Crippen LogP contribution >= 0.6 is 11.6 Å². The molecule has 0 aliphatic heterocycles. The van der Waals surface area contributed by atoms with Gasteiger partial charge in [0.25, 0.3) is 0 Å². The molecule has 0 bridgehead atoms. The molecule has 0 aliphatic carbocycles. The fourth-order valence-corrected chi connectivity index (χ4v) is 2.05. The van der Waals surface area contributed by atoms with E-state index in [1.54, 1.807) is 54.7 Å². The Labute approximate surface area is 122 Å². The monoisotopic (exact) mass is 309 g/mol. The second kappa shape index (κ2) is 6.07. The van der Waals surface area contributed by atoms with Crippen LogP contribution in [-0.4, -0.2) is 20.9 Å². The molecule has 2 aromatic rings. The van der Waals surface area contributed by atoms with E-state index in [4.69, 9.17) is 15.8 Å². The Balaban J connectivity index is 2.09. The van der Waals surface area contributed by atoms with Gasteiger partial charge < -0.3 is 4.18 Å². The Morgan fingerprint density at radius 1 is 1.05 bits per heavy atom. The van der Waals surface area contributed by atoms with E-state index in [9.17, 15) is 8.42 Å². The highest BCUT2D eigenvalue weighted by Crippen LogP contribution is 2.17. The maximum Gasteiger partial charge on any atom is 0.306 e. The molecule has 0 fully saturated rings. The number of hydrogen-bond acceptors (Lipinski definition) is 4. The number of hydrogen-bond donors (Lipinski definition) is 0. The topological polar surface area (TPSA) is 55.7 Å². The average Bonchev–Trinajstić information content (AvgIpc) is 2.38. The lowest BCUT2D eigenvalue weighted by Crippen LogP contribution is -2.05.